The lowest BCUT2D eigenvalue weighted by molar-refractivity contribution is -0.119. The average molecular weight is 475 g/mol. The Labute approximate surface area is 170 Å². The maximum atomic E-state index is 12.1. The maximum Gasteiger partial charge on any atom is 0.338 e. The summed E-state index contributed by atoms with van der Waals surface area (Å²) < 4.78 is 7.96. The molecule has 0 unspecified atom stereocenters. The minimum atomic E-state index is -0.548. The second kappa shape index (κ2) is 8.34. The molecule has 0 saturated heterocycles. The van der Waals surface area contributed by atoms with E-state index in [1.807, 2.05) is 32.0 Å². The van der Waals surface area contributed by atoms with E-state index in [-0.39, 0.29) is 12.5 Å². The summed E-state index contributed by atoms with van der Waals surface area (Å²) in [6.07, 6.45) is 0. The molecule has 1 heterocycles. The van der Waals surface area contributed by atoms with Crippen molar-refractivity contribution >= 4 is 40.2 Å². The van der Waals surface area contributed by atoms with Crippen LogP contribution in [-0.4, -0.2) is 28.3 Å². The second-order valence-corrected chi connectivity index (χ2v) is 7.26. The smallest absolute Gasteiger partial charge is 0.338 e. The van der Waals surface area contributed by atoms with Crippen LogP contribution in [-0.2, 0) is 9.53 Å². The number of hydrogen-bond donors (Lipinski definition) is 1. The lowest BCUT2D eigenvalue weighted by atomic mass is 10.2. The SMILES string of the molecule is Cc1cc(C)n(-c2ccc(C(=O)OCC(=O)Nc3ccc(I)cc3)cc2)n1. The van der Waals surface area contributed by atoms with E-state index in [0.29, 0.717) is 11.3 Å². The summed E-state index contributed by atoms with van der Waals surface area (Å²) in [6, 6.07) is 16.2. The molecule has 0 saturated carbocycles. The Hall–Kier alpha value is -2.68. The molecule has 3 aromatic rings. The quantitative estimate of drug-likeness (QED) is 0.449. The number of nitrogens with one attached hydrogen (secondary N) is 1. The van der Waals surface area contributed by atoms with Gasteiger partial charge in [-0.15, -0.1) is 0 Å². The second-order valence-electron chi connectivity index (χ2n) is 6.02. The van der Waals surface area contributed by atoms with E-state index < -0.39 is 5.97 Å². The molecule has 7 heteroatoms. The van der Waals surface area contributed by atoms with Crippen LogP contribution in [0.25, 0.3) is 5.69 Å². The average Bonchev–Trinajstić information content (AvgIpc) is 3.00. The van der Waals surface area contributed by atoms with E-state index >= 15 is 0 Å². The van der Waals surface area contributed by atoms with Gasteiger partial charge in [-0.25, -0.2) is 9.48 Å². The Balaban J connectivity index is 1.57. The number of aromatic nitrogens is 2. The predicted molar refractivity (Wildman–Crippen MR) is 111 cm³/mol. The normalized spacial score (nSPS) is 10.5. The fourth-order valence-corrected chi connectivity index (χ4v) is 2.93. The monoisotopic (exact) mass is 475 g/mol. The van der Waals surface area contributed by atoms with Gasteiger partial charge in [0.1, 0.15) is 0 Å². The molecule has 0 atom stereocenters. The Bertz CT molecular complexity index is 963. The summed E-state index contributed by atoms with van der Waals surface area (Å²) in [5.74, 6) is -0.934. The molecule has 1 N–H and O–H groups in total. The molecule has 0 bridgehead atoms. The number of hydrogen-bond acceptors (Lipinski definition) is 4. The molecule has 0 aliphatic carbocycles. The van der Waals surface area contributed by atoms with E-state index in [9.17, 15) is 9.59 Å². The van der Waals surface area contributed by atoms with Crippen LogP contribution in [0.1, 0.15) is 21.7 Å². The molecule has 0 spiro atoms. The summed E-state index contributed by atoms with van der Waals surface area (Å²) in [4.78, 5) is 24.0. The fraction of sp³-hybridized carbons (Fsp3) is 0.150. The largest absolute Gasteiger partial charge is 0.452 e. The molecular formula is C20H18IN3O3. The van der Waals surface area contributed by atoms with Crippen LogP contribution in [0.4, 0.5) is 5.69 Å². The van der Waals surface area contributed by atoms with Crippen LogP contribution in [0.15, 0.2) is 54.6 Å². The van der Waals surface area contributed by atoms with Crippen molar-refractivity contribution in [1.82, 2.24) is 9.78 Å². The minimum Gasteiger partial charge on any atom is -0.452 e. The van der Waals surface area contributed by atoms with Crippen molar-refractivity contribution in [3.05, 3.63) is 75.1 Å². The van der Waals surface area contributed by atoms with Gasteiger partial charge in [-0.3, -0.25) is 4.79 Å². The minimum absolute atomic E-state index is 0.343. The van der Waals surface area contributed by atoms with Crippen molar-refractivity contribution in [1.29, 1.82) is 0 Å². The maximum absolute atomic E-state index is 12.1. The van der Waals surface area contributed by atoms with Crippen molar-refractivity contribution in [3.63, 3.8) is 0 Å². The number of amides is 1. The zero-order valence-electron chi connectivity index (χ0n) is 14.9. The highest BCUT2D eigenvalue weighted by Gasteiger charge is 2.11. The van der Waals surface area contributed by atoms with Gasteiger partial charge in [0.15, 0.2) is 6.61 Å². The predicted octanol–water partition coefficient (Wildman–Crippen LogP) is 3.89. The third-order valence-corrected chi connectivity index (χ3v) is 4.54. The van der Waals surface area contributed by atoms with Gasteiger partial charge in [-0.2, -0.15) is 5.10 Å². The molecule has 138 valence electrons. The number of anilines is 1. The van der Waals surface area contributed by atoms with E-state index in [2.05, 4.69) is 33.0 Å². The molecule has 0 aliphatic rings. The topological polar surface area (TPSA) is 73.2 Å². The Morgan fingerprint density at radius 3 is 2.33 bits per heavy atom. The van der Waals surface area contributed by atoms with Crippen molar-refractivity contribution in [3.8, 4) is 5.69 Å². The van der Waals surface area contributed by atoms with Crippen LogP contribution in [0.3, 0.4) is 0 Å². The van der Waals surface area contributed by atoms with E-state index in [1.165, 1.54) is 0 Å². The molecular weight excluding hydrogens is 457 g/mol. The highest BCUT2D eigenvalue weighted by molar-refractivity contribution is 14.1. The van der Waals surface area contributed by atoms with Crippen molar-refractivity contribution < 1.29 is 14.3 Å². The number of carbonyl (C=O) groups excluding carboxylic acids is 2. The first-order chi connectivity index (χ1) is 12.9. The number of nitrogens with zero attached hydrogens (tertiary/aromatic N) is 2. The summed E-state index contributed by atoms with van der Waals surface area (Å²) in [5, 5.41) is 7.09. The lowest BCUT2D eigenvalue weighted by Gasteiger charge is -2.08. The van der Waals surface area contributed by atoms with Gasteiger partial charge in [0, 0.05) is 15.0 Å². The van der Waals surface area contributed by atoms with E-state index in [0.717, 1.165) is 20.6 Å². The third kappa shape index (κ3) is 4.94. The molecule has 3 rings (SSSR count). The van der Waals surface area contributed by atoms with Crippen molar-refractivity contribution in [2.24, 2.45) is 0 Å². The summed E-state index contributed by atoms with van der Waals surface area (Å²) >= 11 is 2.18. The van der Waals surface area contributed by atoms with Crippen LogP contribution >= 0.6 is 22.6 Å². The zero-order valence-corrected chi connectivity index (χ0v) is 17.1. The van der Waals surface area contributed by atoms with Gasteiger partial charge in [-0.1, -0.05) is 0 Å². The van der Waals surface area contributed by atoms with Gasteiger partial charge < -0.3 is 10.1 Å². The highest BCUT2D eigenvalue weighted by atomic mass is 127. The van der Waals surface area contributed by atoms with Gasteiger partial charge in [0.05, 0.1) is 16.9 Å². The third-order valence-electron chi connectivity index (χ3n) is 3.82. The molecule has 27 heavy (non-hydrogen) atoms. The number of aryl methyl sites for hydroxylation is 2. The molecule has 1 aromatic heterocycles. The lowest BCUT2D eigenvalue weighted by Crippen LogP contribution is -2.20. The van der Waals surface area contributed by atoms with Gasteiger partial charge in [0.2, 0.25) is 0 Å². The van der Waals surface area contributed by atoms with E-state index in [4.69, 9.17) is 4.74 Å². The zero-order chi connectivity index (χ0) is 19.4. The Morgan fingerprint density at radius 1 is 1.07 bits per heavy atom. The first kappa shape index (κ1) is 19.1. The van der Waals surface area contributed by atoms with Crippen LogP contribution in [0, 0.1) is 17.4 Å². The molecule has 6 nitrogen and oxygen atoms in total. The summed E-state index contributed by atoms with van der Waals surface area (Å²) in [7, 11) is 0. The number of carbonyl (C=O) groups is 2. The van der Waals surface area contributed by atoms with Gasteiger partial charge >= 0.3 is 5.97 Å². The van der Waals surface area contributed by atoms with Crippen molar-refractivity contribution in [2.75, 3.05) is 11.9 Å². The standard InChI is InChI=1S/C20H18IN3O3/c1-13-11-14(2)24(23-13)18-9-3-15(4-10-18)20(26)27-12-19(25)22-17-7-5-16(21)6-8-17/h3-11H,12H2,1-2H3,(H,22,25). The van der Waals surface area contributed by atoms with Crippen LogP contribution in [0.5, 0.6) is 0 Å². The van der Waals surface area contributed by atoms with Crippen LogP contribution in [0.2, 0.25) is 0 Å². The molecule has 0 aliphatic heterocycles. The fourth-order valence-electron chi connectivity index (χ4n) is 2.57. The summed E-state index contributed by atoms with van der Waals surface area (Å²) in [5.41, 5.74) is 3.83. The first-order valence-electron chi connectivity index (χ1n) is 8.28. The molecule has 1 amide bonds. The first-order valence-corrected chi connectivity index (χ1v) is 9.36. The molecule has 0 fully saturated rings. The number of ether oxygens (including phenoxy) is 1. The van der Waals surface area contributed by atoms with Crippen LogP contribution < -0.4 is 5.32 Å². The van der Waals surface area contributed by atoms with Crippen molar-refractivity contribution in [2.45, 2.75) is 13.8 Å². The van der Waals surface area contributed by atoms with E-state index in [1.54, 1.807) is 41.1 Å². The molecule has 0 radical (unpaired) electrons. The molecule has 2 aromatic carbocycles. The number of rotatable bonds is 5. The highest BCUT2D eigenvalue weighted by Crippen LogP contribution is 2.14. The van der Waals surface area contributed by atoms with Gasteiger partial charge in [0.25, 0.3) is 5.91 Å². The Morgan fingerprint density at radius 2 is 1.74 bits per heavy atom. The number of esters is 1. The Kier molecular flexibility index (Phi) is 5.90. The van der Waals surface area contributed by atoms with Gasteiger partial charge in [-0.05, 0) is 91.0 Å². The number of benzene rings is 2. The summed E-state index contributed by atoms with van der Waals surface area (Å²) in [6.45, 7) is 3.55. The number of halogens is 1.